The molecular formula is C12H18O3. The minimum absolute atomic E-state index is 0.578. The predicted molar refractivity (Wildman–Crippen MR) is 59.4 cm³/mol. The monoisotopic (exact) mass is 210 g/mol. The number of benzene rings is 1. The van der Waals surface area contributed by atoms with Gasteiger partial charge in [0.2, 0.25) is 0 Å². The minimum Gasteiger partial charge on any atom is -0.491 e. The Bertz CT molecular complexity index is 273. The van der Waals surface area contributed by atoms with Gasteiger partial charge in [-0.3, -0.25) is 0 Å². The molecule has 3 nitrogen and oxygen atoms in total. The van der Waals surface area contributed by atoms with Gasteiger partial charge in [0, 0.05) is 7.11 Å². The zero-order chi connectivity index (χ0) is 10.9. The molecule has 3 heteroatoms. The Kier molecular flexibility index (Phi) is 5.81. The van der Waals surface area contributed by atoms with E-state index in [1.54, 1.807) is 7.11 Å². The molecule has 84 valence electrons. The SMILES string of the molecule is COCCOCCOc1ccccc1C. The molecule has 1 aromatic carbocycles. The van der Waals surface area contributed by atoms with Crippen molar-refractivity contribution in [3.8, 4) is 5.75 Å². The summed E-state index contributed by atoms with van der Waals surface area (Å²) in [6.45, 7) is 4.45. The Morgan fingerprint density at radius 1 is 1.00 bits per heavy atom. The lowest BCUT2D eigenvalue weighted by Gasteiger charge is -2.08. The van der Waals surface area contributed by atoms with Crippen LogP contribution in [0.25, 0.3) is 0 Å². The van der Waals surface area contributed by atoms with E-state index in [1.807, 2.05) is 31.2 Å². The molecule has 0 aliphatic carbocycles. The quantitative estimate of drug-likeness (QED) is 0.644. The molecule has 0 atom stereocenters. The average molecular weight is 210 g/mol. The summed E-state index contributed by atoms with van der Waals surface area (Å²) in [4.78, 5) is 0. The van der Waals surface area contributed by atoms with Crippen LogP contribution in [0.2, 0.25) is 0 Å². The molecule has 0 aliphatic rings. The molecule has 0 amide bonds. The molecule has 0 saturated heterocycles. The average Bonchev–Trinajstić information content (AvgIpc) is 2.25. The van der Waals surface area contributed by atoms with Crippen molar-refractivity contribution in [3.05, 3.63) is 29.8 Å². The first kappa shape index (κ1) is 12.0. The lowest BCUT2D eigenvalue weighted by molar-refractivity contribution is 0.0543. The van der Waals surface area contributed by atoms with Gasteiger partial charge in [-0.25, -0.2) is 0 Å². The van der Waals surface area contributed by atoms with Gasteiger partial charge in [-0.1, -0.05) is 18.2 Å². The third kappa shape index (κ3) is 4.81. The molecule has 0 heterocycles. The summed E-state index contributed by atoms with van der Waals surface area (Å²) in [5, 5.41) is 0. The Hall–Kier alpha value is -1.06. The number of rotatable bonds is 7. The van der Waals surface area contributed by atoms with Crippen LogP contribution in [0.3, 0.4) is 0 Å². The van der Waals surface area contributed by atoms with E-state index in [0.29, 0.717) is 26.4 Å². The van der Waals surface area contributed by atoms with Crippen LogP contribution in [0.4, 0.5) is 0 Å². The second-order valence-corrected chi connectivity index (χ2v) is 3.22. The Morgan fingerprint density at radius 2 is 1.73 bits per heavy atom. The van der Waals surface area contributed by atoms with Crippen molar-refractivity contribution in [2.24, 2.45) is 0 Å². The minimum atomic E-state index is 0.578. The van der Waals surface area contributed by atoms with E-state index in [0.717, 1.165) is 11.3 Å². The molecule has 0 saturated carbocycles. The molecule has 0 bridgehead atoms. The van der Waals surface area contributed by atoms with Crippen molar-refractivity contribution in [2.75, 3.05) is 33.5 Å². The summed E-state index contributed by atoms with van der Waals surface area (Å²) in [6.07, 6.45) is 0. The zero-order valence-corrected chi connectivity index (χ0v) is 9.36. The predicted octanol–water partition coefficient (Wildman–Crippen LogP) is 2.04. The van der Waals surface area contributed by atoms with Gasteiger partial charge in [-0.2, -0.15) is 0 Å². The van der Waals surface area contributed by atoms with E-state index in [9.17, 15) is 0 Å². The summed E-state index contributed by atoms with van der Waals surface area (Å²) in [7, 11) is 1.66. The van der Waals surface area contributed by atoms with E-state index >= 15 is 0 Å². The molecule has 0 aromatic heterocycles. The van der Waals surface area contributed by atoms with Gasteiger partial charge in [0.15, 0.2) is 0 Å². The molecule has 0 unspecified atom stereocenters. The van der Waals surface area contributed by atoms with Gasteiger partial charge in [-0.15, -0.1) is 0 Å². The number of para-hydroxylation sites is 1. The highest BCUT2D eigenvalue weighted by Gasteiger charge is 1.96. The maximum absolute atomic E-state index is 5.55. The van der Waals surface area contributed by atoms with Crippen LogP contribution in [0.5, 0.6) is 5.75 Å². The van der Waals surface area contributed by atoms with Crippen molar-refractivity contribution >= 4 is 0 Å². The summed E-state index contributed by atoms with van der Waals surface area (Å²) in [6, 6.07) is 7.96. The summed E-state index contributed by atoms with van der Waals surface area (Å²) >= 11 is 0. The third-order valence-corrected chi connectivity index (χ3v) is 2.01. The number of hydrogen-bond donors (Lipinski definition) is 0. The molecule has 1 aromatic rings. The number of hydrogen-bond acceptors (Lipinski definition) is 3. The molecule has 0 spiro atoms. The van der Waals surface area contributed by atoms with Crippen molar-refractivity contribution in [2.45, 2.75) is 6.92 Å². The van der Waals surface area contributed by atoms with Crippen LogP contribution in [0, 0.1) is 6.92 Å². The molecule has 0 aliphatic heterocycles. The van der Waals surface area contributed by atoms with Gasteiger partial charge in [-0.05, 0) is 18.6 Å². The highest BCUT2D eigenvalue weighted by molar-refractivity contribution is 5.31. The van der Waals surface area contributed by atoms with Crippen molar-refractivity contribution in [1.82, 2.24) is 0 Å². The van der Waals surface area contributed by atoms with Crippen molar-refractivity contribution in [1.29, 1.82) is 0 Å². The first-order valence-electron chi connectivity index (χ1n) is 5.09. The maximum Gasteiger partial charge on any atom is 0.122 e. The largest absolute Gasteiger partial charge is 0.491 e. The molecular weight excluding hydrogens is 192 g/mol. The zero-order valence-electron chi connectivity index (χ0n) is 9.36. The van der Waals surface area contributed by atoms with E-state index in [-0.39, 0.29) is 0 Å². The Labute approximate surface area is 91.0 Å². The smallest absolute Gasteiger partial charge is 0.122 e. The van der Waals surface area contributed by atoms with Crippen LogP contribution < -0.4 is 4.74 Å². The van der Waals surface area contributed by atoms with Crippen LogP contribution in [0.15, 0.2) is 24.3 Å². The number of ether oxygens (including phenoxy) is 3. The third-order valence-electron chi connectivity index (χ3n) is 2.01. The lowest BCUT2D eigenvalue weighted by Crippen LogP contribution is -2.10. The Balaban J connectivity index is 2.12. The maximum atomic E-state index is 5.55. The highest BCUT2D eigenvalue weighted by atomic mass is 16.5. The topological polar surface area (TPSA) is 27.7 Å². The van der Waals surface area contributed by atoms with Gasteiger partial charge in [0.25, 0.3) is 0 Å². The fourth-order valence-electron chi connectivity index (χ4n) is 1.17. The number of aryl methyl sites for hydroxylation is 1. The van der Waals surface area contributed by atoms with Gasteiger partial charge in [0.05, 0.1) is 19.8 Å². The lowest BCUT2D eigenvalue weighted by atomic mass is 10.2. The number of methoxy groups -OCH3 is 1. The second-order valence-electron chi connectivity index (χ2n) is 3.22. The fourth-order valence-corrected chi connectivity index (χ4v) is 1.17. The fraction of sp³-hybridized carbons (Fsp3) is 0.500. The summed E-state index contributed by atoms with van der Waals surface area (Å²) in [5.41, 5.74) is 1.15. The molecule has 0 radical (unpaired) electrons. The van der Waals surface area contributed by atoms with Gasteiger partial charge >= 0.3 is 0 Å². The van der Waals surface area contributed by atoms with Crippen molar-refractivity contribution in [3.63, 3.8) is 0 Å². The molecule has 15 heavy (non-hydrogen) atoms. The Morgan fingerprint density at radius 3 is 2.47 bits per heavy atom. The summed E-state index contributed by atoms with van der Waals surface area (Å²) in [5.74, 6) is 0.924. The van der Waals surface area contributed by atoms with Gasteiger partial charge < -0.3 is 14.2 Å². The summed E-state index contributed by atoms with van der Waals surface area (Å²) < 4.78 is 15.7. The van der Waals surface area contributed by atoms with E-state index in [4.69, 9.17) is 14.2 Å². The van der Waals surface area contributed by atoms with E-state index < -0.39 is 0 Å². The molecule has 1 rings (SSSR count). The van der Waals surface area contributed by atoms with Crippen molar-refractivity contribution < 1.29 is 14.2 Å². The normalized spacial score (nSPS) is 10.3. The highest BCUT2D eigenvalue weighted by Crippen LogP contribution is 2.15. The molecule has 0 N–H and O–H groups in total. The van der Waals surface area contributed by atoms with Gasteiger partial charge in [0.1, 0.15) is 12.4 Å². The standard InChI is InChI=1S/C12H18O3/c1-11-5-3-4-6-12(11)15-10-9-14-8-7-13-2/h3-6H,7-10H2,1-2H3. The first-order chi connectivity index (χ1) is 7.34. The van der Waals surface area contributed by atoms with Crippen LogP contribution >= 0.6 is 0 Å². The van der Waals surface area contributed by atoms with Crippen LogP contribution in [-0.4, -0.2) is 33.5 Å². The van der Waals surface area contributed by atoms with E-state index in [2.05, 4.69) is 0 Å². The molecule has 0 fully saturated rings. The van der Waals surface area contributed by atoms with E-state index in [1.165, 1.54) is 0 Å². The van der Waals surface area contributed by atoms with Crippen LogP contribution in [-0.2, 0) is 9.47 Å². The van der Waals surface area contributed by atoms with Crippen LogP contribution in [0.1, 0.15) is 5.56 Å². The second kappa shape index (κ2) is 7.26. The first-order valence-corrected chi connectivity index (χ1v) is 5.09.